The number of amides is 1. The van der Waals surface area contributed by atoms with Crippen molar-refractivity contribution >= 4 is 40.0 Å². The van der Waals surface area contributed by atoms with Gasteiger partial charge in [0.25, 0.3) is 5.91 Å². The molecule has 3 N–H and O–H groups in total. The molecule has 0 unspecified atom stereocenters. The highest BCUT2D eigenvalue weighted by molar-refractivity contribution is 6.04. The molecular formula is C27H24FN7O. The standard InChI is InChI=1S/C27H24FN7O/c1-2-25(36)32-20-7-3-5-18(13-20)23-8-4-6-19-14-30-27(34-26(19)23)33-21-9-10-24(29-15-21)31-22-16-35(17-22)12-11-28/h1,3-10,13-15,22H,11-12,16-17H2,(H,29,31)(H,32,36)(H,30,33,34). The van der Waals surface area contributed by atoms with Crippen LogP contribution in [0.4, 0.5) is 27.5 Å². The second-order valence-electron chi connectivity index (χ2n) is 8.46. The lowest BCUT2D eigenvalue weighted by Crippen LogP contribution is -2.55. The monoisotopic (exact) mass is 481 g/mol. The summed E-state index contributed by atoms with van der Waals surface area (Å²) in [5.41, 5.74) is 3.91. The van der Waals surface area contributed by atoms with E-state index in [0.717, 1.165) is 46.6 Å². The van der Waals surface area contributed by atoms with Crippen LogP contribution in [0.15, 0.2) is 67.0 Å². The van der Waals surface area contributed by atoms with Gasteiger partial charge in [-0.3, -0.25) is 9.69 Å². The number of alkyl halides is 1. The second-order valence-corrected chi connectivity index (χ2v) is 8.46. The first-order valence-corrected chi connectivity index (χ1v) is 11.5. The van der Waals surface area contributed by atoms with Crippen molar-refractivity contribution in [2.75, 3.05) is 42.3 Å². The molecule has 0 saturated carbocycles. The van der Waals surface area contributed by atoms with Crippen LogP contribution in [0.3, 0.4) is 0 Å². The Morgan fingerprint density at radius 2 is 1.94 bits per heavy atom. The number of aromatic nitrogens is 3. The van der Waals surface area contributed by atoms with Crippen LogP contribution >= 0.6 is 0 Å². The van der Waals surface area contributed by atoms with Gasteiger partial charge >= 0.3 is 0 Å². The van der Waals surface area contributed by atoms with E-state index in [1.165, 1.54) is 0 Å². The first kappa shape index (κ1) is 23.2. The predicted molar refractivity (Wildman–Crippen MR) is 140 cm³/mol. The highest BCUT2D eigenvalue weighted by atomic mass is 19.1. The van der Waals surface area contributed by atoms with Crippen molar-refractivity contribution in [1.29, 1.82) is 0 Å². The van der Waals surface area contributed by atoms with Gasteiger partial charge in [0.05, 0.1) is 23.4 Å². The molecule has 8 nitrogen and oxygen atoms in total. The van der Waals surface area contributed by atoms with Crippen molar-refractivity contribution in [1.82, 2.24) is 19.9 Å². The number of terminal acetylenes is 1. The highest BCUT2D eigenvalue weighted by Crippen LogP contribution is 2.30. The molecule has 1 aliphatic rings. The van der Waals surface area contributed by atoms with Crippen LogP contribution in [-0.4, -0.2) is 58.1 Å². The van der Waals surface area contributed by atoms with Crippen LogP contribution in [0.5, 0.6) is 0 Å². The number of carbonyl (C=O) groups excluding carboxylic acids is 1. The van der Waals surface area contributed by atoms with E-state index in [1.807, 2.05) is 48.5 Å². The maximum absolute atomic E-state index is 12.4. The topological polar surface area (TPSA) is 95.1 Å². The van der Waals surface area contributed by atoms with Crippen LogP contribution in [-0.2, 0) is 4.79 Å². The smallest absolute Gasteiger partial charge is 0.300 e. The summed E-state index contributed by atoms with van der Waals surface area (Å²) in [5, 5.41) is 10.1. The number of carbonyl (C=O) groups is 1. The van der Waals surface area contributed by atoms with Gasteiger partial charge in [-0.15, -0.1) is 6.42 Å². The van der Waals surface area contributed by atoms with Crippen LogP contribution in [0.1, 0.15) is 0 Å². The molecule has 180 valence electrons. The Morgan fingerprint density at radius 1 is 1.08 bits per heavy atom. The van der Waals surface area contributed by atoms with E-state index in [9.17, 15) is 9.18 Å². The Bertz CT molecular complexity index is 1430. The third kappa shape index (κ3) is 5.24. The number of fused-ring (bicyclic) bond motifs is 1. The molecule has 9 heteroatoms. The molecule has 5 rings (SSSR count). The third-order valence-corrected chi connectivity index (χ3v) is 5.90. The van der Waals surface area contributed by atoms with Crippen molar-refractivity contribution < 1.29 is 9.18 Å². The number of pyridine rings is 1. The molecule has 0 radical (unpaired) electrons. The van der Waals surface area contributed by atoms with E-state index in [1.54, 1.807) is 18.5 Å². The minimum Gasteiger partial charge on any atom is -0.365 e. The van der Waals surface area contributed by atoms with Crippen molar-refractivity contribution in [3.05, 3.63) is 67.0 Å². The average molecular weight is 482 g/mol. The number of anilines is 4. The van der Waals surface area contributed by atoms with E-state index in [4.69, 9.17) is 11.4 Å². The predicted octanol–water partition coefficient (Wildman–Crippen LogP) is 4.07. The summed E-state index contributed by atoms with van der Waals surface area (Å²) in [6.07, 6.45) is 8.65. The first-order chi connectivity index (χ1) is 17.6. The highest BCUT2D eigenvalue weighted by Gasteiger charge is 2.26. The van der Waals surface area contributed by atoms with Gasteiger partial charge in [-0.25, -0.2) is 19.3 Å². The lowest BCUT2D eigenvalue weighted by molar-refractivity contribution is -0.111. The van der Waals surface area contributed by atoms with Gasteiger partial charge < -0.3 is 16.0 Å². The Morgan fingerprint density at radius 3 is 2.72 bits per heavy atom. The van der Waals surface area contributed by atoms with Gasteiger partial charge in [-0.1, -0.05) is 30.3 Å². The van der Waals surface area contributed by atoms with Gasteiger partial charge in [0.2, 0.25) is 5.95 Å². The molecule has 1 aliphatic heterocycles. The van der Waals surface area contributed by atoms with Crippen LogP contribution in [0.2, 0.25) is 0 Å². The number of nitrogens with zero attached hydrogens (tertiary/aromatic N) is 4. The average Bonchev–Trinajstić information content (AvgIpc) is 2.88. The maximum atomic E-state index is 12.4. The Labute approximate surface area is 208 Å². The number of para-hydroxylation sites is 1. The third-order valence-electron chi connectivity index (χ3n) is 5.90. The lowest BCUT2D eigenvalue weighted by atomic mass is 10.0. The second kappa shape index (κ2) is 10.4. The van der Waals surface area contributed by atoms with Gasteiger partial charge in [0.1, 0.15) is 12.5 Å². The number of nitrogens with one attached hydrogen (secondary N) is 3. The van der Waals surface area contributed by atoms with Crippen LogP contribution in [0.25, 0.3) is 22.0 Å². The minimum atomic E-state index is -0.500. The molecule has 1 fully saturated rings. The number of hydrogen-bond acceptors (Lipinski definition) is 7. The fourth-order valence-electron chi connectivity index (χ4n) is 4.14. The number of rotatable bonds is 8. The van der Waals surface area contributed by atoms with Gasteiger partial charge in [0, 0.05) is 42.5 Å². The fourth-order valence-corrected chi connectivity index (χ4v) is 4.14. The van der Waals surface area contributed by atoms with Crippen molar-refractivity contribution in [2.24, 2.45) is 0 Å². The first-order valence-electron chi connectivity index (χ1n) is 11.5. The van der Waals surface area contributed by atoms with Crippen LogP contribution in [0, 0.1) is 12.3 Å². The summed E-state index contributed by atoms with van der Waals surface area (Å²) in [4.78, 5) is 27.3. The SMILES string of the molecule is C#CC(=O)Nc1cccc(-c2cccc3cnc(Nc4ccc(NC5CN(CCF)C5)nc4)nc23)c1. The number of hydrogen-bond donors (Lipinski definition) is 3. The summed E-state index contributed by atoms with van der Waals surface area (Å²) in [6, 6.07) is 17.4. The summed E-state index contributed by atoms with van der Waals surface area (Å²) in [7, 11) is 0. The molecule has 36 heavy (non-hydrogen) atoms. The van der Waals surface area contributed by atoms with Gasteiger partial charge in [-0.05, 0) is 35.7 Å². The van der Waals surface area contributed by atoms with E-state index in [0.29, 0.717) is 18.2 Å². The summed E-state index contributed by atoms with van der Waals surface area (Å²) in [6.45, 7) is 1.80. The number of benzene rings is 2. The fraction of sp³-hybridized carbons (Fsp3) is 0.185. The molecule has 4 aromatic rings. The minimum absolute atomic E-state index is 0.281. The molecule has 3 heterocycles. The zero-order valence-corrected chi connectivity index (χ0v) is 19.4. The van der Waals surface area contributed by atoms with E-state index in [-0.39, 0.29) is 12.7 Å². The molecule has 0 aliphatic carbocycles. The van der Waals surface area contributed by atoms with Crippen molar-refractivity contribution in [2.45, 2.75) is 6.04 Å². The molecule has 1 amide bonds. The zero-order chi connectivity index (χ0) is 24.9. The summed E-state index contributed by atoms with van der Waals surface area (Å²) < 4.78 is 12.4. The molecule has 0 atom stereocenters. The van der Waals surface area contributed by atoms with E-state index in [2.05, 4.69) is 36.7 Å². The Hall–Kier alpha value is -4.55. The van der Waals surface area contributed by atoms with Gasteiger partial charge in [0.15, 0.2) is 0 Å². The van der Waals surface area contributed by atoms with E-state index >= 15 is 0 Å². The van der Waals surface area contributed by atoms with E-state index < -0.39 is 5.91 Å². The quantitative estimate of drug-likeness (QED) is 0.327. The summed E-state index contributed by atoms with van der Waals surface area (Å²) in [5.74, 6) is 2.76. The molecule has 0 spiro atoms. The molecule has 2 aromatic carbocycles. The van der Waals surface area contributed by atoms with Crippen LogP contribution < -0.4 is 16.0 Å². The van der Waals surface area contributed by atoms with Crippen molar-refractivity contribution in [3.8, 4) is 23.5 Å². The Balaban J connectivity index is 1.32. The normalized spacial score (nSPS) is 13.6. The maximum Gasteiger partial charge on any atom is 0.300 e. The molecular weight excluding hydrogens is 457 g/mol. The molecule has 1 saturated heterocycles. The summed E-state index contributed by atoms with van der Waals surface area (Å²) >= 11 is 0. The van der Waals surface area contributed by atoms with Crippen molar-refractivity contribution in [3.63, 3.8) is 0 Å². The largest absolute Gasteiger partial charge is 0.365 e. The lowest BCUT2D eigenvalue weighted by Gasteiger charge is -2.39. The van der Waals surface area contributed by atoms with Gasteiger partial charge in [-0.2, -0.15) is 0 Å². The molecule has 0 bridgehead atoms. The Kier molecular flexibility index (Phi) is 6.69. The molecule has 2 aromatic heterocycles. The number of likely N-dealkylation sites (tertiary alicyclic amines) is 1. The zero-order valence-electron chi connectivity index (χ0n) is 19.4. The number of halogens is 1.